The van der Waals surface area contributed by atoms with Crippen LogP contribution in [0.3, 0.4) is 0 Å². The molecule has 0 aliphatic heterocycles. The van der Waals surface area contributed by atoms with Crippen LogP contribution in [-0.2, 0) is 12.3 Å². The lowest BCUT2D eigenvalue weighted by molar-refractivity contribution is 0.147. The van der Waals surface area contributed by atoms with Crippen molar-refractivity contribution < 1.29 is 8.78 Å². The van der Waals surface area contributed by atoms with Crippen LogP contribution < -0.4 is 5.73 Å². The van der Waals surface area contributed by atoms with E-state index in [1.807, 2.05) is 6.07 Å². The highest BCUT2D eigenvalue weighted by atomic mass is 35.5. The van der Waals surface area contributed by atoms with Crippen molar-refractivity contribution in [2.24, 2.45) is 0 Å². The number of aromatic nitrogens is 1. The molecule has 0 saturated heterocycles. The first-order valence-corrected chi connectivity index (χ1v) is 4.62. The molecule has 0 aliphatic rings. The van der Waals surface area contributed by atoms with Gasteiger partial charge in [0.15, 0.2) is 0 Å². The molecule has 0 atom stereocenters. The average Bonchev–Trinajstić information content (AvgIpc) is 2.20. The van der Waals surface area contributed by atoms with Crippen LogP contribution in [0.25, 0.3) is 0 Å². The number of hydrogen-bond donors (Lipinski definition) is 1. The van der Waals surface area contributed by atoms with Crippen LogP contribution in [-0.4, -0.2) is 4.98 Å². The minimum atomic E-state index is -2.74. The van der Waals surface area contributed by atoms with Gasteiger partial charge in [0.25, 0.3) is 6.43 Å². The number of nitrogen functional groups attached to an aromatic ring is 1. The molecule has 0 spiro atoms. The summed E-state index contributed by atoms with van der Waals surface area (Å²) in [7, 11) is 0. The van der Waals surface area contributed by atoms with Crippen molar-refractivity contribution in [3.8, 4) is 6.07 Å². The molecule has 1 rings (SSSR count). The number of nitriles is 1. The molecule has 6 heteroatoms. The Bertz CT molecular complexity index is 401. The maximum absolute atomic E-state index is 12.4. The van der Waals surface area contributed by atoms with E-state index in [9.17, 15) is 8.78 Å². The van der Waals surface area contributed by atoms with Crippen LogP contribution in [0.4, 0.5) is 14.5 Å². The third-order valence-electron chi connectivity index (χ3n) is 1.85. The zero-order chi connectivity index (χ0) is 11.4. The predicted molar refractivity (Wildman–Crippen MR) is 52.5 cm³/mol. The highest BCUT2D eigenvalue weighted by Crippen LogP contribution is 2.25. The number of pyridine rings is 1. The molecule has 0 bridgehead atoms. The van der Waals surface area contributed by atoms with Crippen molar-refractivity contribution in [3.05, 3.63) is 23.0 Å². The van der Waals surface area contributed by atoms with Gasteiger partial charge in [-0.15, -0.1) is 11.6 Å². The van der Waals surface area contributed by atoms with Gasteiger partial charge in [0.1, 0.15) is 5.69 Å². The summed E-state index contributed by atoms with van der Waals surface area (Å²) >= 11 is 5.58. The number of nitrogens with zero attached hydrogens (tertiary/aromatic N) is 2. The van der Waals surface area contributed by atoms with E-state index in [1.54, 1.807) is 0 Å². The van der Waals surface area contributed by atoms with Crippen LogP contribution in [0.15, 0.2) is 6.07 Å². The summed E-state index contributed by atoms with van der Waals surface area (Å²) in [6, 6.07) is 3.18. The molecule has 0 saturated carbocycles. The van der Waals surface area contributed by atoms with E-state index < -0.39 is 12.1 Å². The van der Waals surface area contributed by atoms with Gasteiger partial charge < -0.3 is 5.73 Å². The Morgan fingerprint density at radius 2 is 2.27 bits per heavy atom. The Balaban J connectivity index is 3.25. The molecule has 0 aromatic carbocycles. The Hall–Kier alpha value is -1.41. The van der Waals surface area contributed by atoms with Crippen molar-refractivity contribution in [2.75, 3.05) is 5.73 Å². The number of anilines is 1. The van der Waals surface area contributed by atoms with Crippen LogP contribution in [0.5, 0.6) is 0 Å². The molecule has 80 valence electrons. The quantitative estimate of drug-likeness (QED) is 0.813. The summed E-state index contributed by atoms with van der Waals surface area (Å²) in [5.41, 5.74) is 5.57. The van der Waals surface area contributed by atoms with Gasteiger partial charge in [0.05, 0.1) is 23.9 Å². The second kappa shape index (κ2) is 4.89. The first-order chi connectivity index (χ1) is 7.10. The third kappa shape index (κ3) is 2.54. The first-order valence-electron chi connectivity index (χ1n) is 4.09. The fourth-order valence-electron chi connectivity index (χ4n) is 1.15. The third-order valence-corrected chi connectivity index (χ3v) is 2.14. The molecule has 1 heterocycles. The second-order valence-corrected chi connectivity index (χ2v) is 3.11. The van der Waals surface area contributed by atoms with E-state index in [0.29, 0.717) is 5.56 Å². The maximum atomic E-state index is 12.4. The average molecular weight is 232 g/mol. The molecular weight excluding hydrogens is 224 g/mol. The van der Waals surface area contributed by atoms with E-state index in [1.165, 1.54) is 6.07 Å². The lowest BCUT2D eigenvalue weighted by atomic mass is 10.1. The Labute approximate surface area is 90.5 Å². The molecule has 1 aromatic heterocycles. The minimum Gasteiger partial charge on any atom is -0.397 e. The van der Waals surface area contributed by atoms with Gasteiger partial charge in [-0.3, -0.25) is 0 Å². The molecule has 3 nitrogen and oxygen atoms in total. The summed E-state index contributed by atoms with van der Waals surface area (Å²) < 4.78 is 24.9. The maximum Gasteiger partial charge on any atom is 0.282 e. The first kappa shape index (κ1) is 11.7. The highest BCUT2D eigenvalue weighted by Gasteiger charge is 2.16. The lowest BCUT2D eigenvalue weighted by Crippen LogP contribution is -2.05. The van der Waals surface area contributed by atoms with Gasteiger partial charge in [0.2, 0.25) is 0 Å². The standard InChI is InChI=1S/C9H8ClF2N3/c10-4-5-3-6(14)8(9(11)12)15-7(5)1-2-13/h3,9H,1,4,14H2. The van der Waals surface area contributed by atoms with Crippen LogP contribution in [0, 0.1) is 11.3 Å². The van der Waals surface area contributed by atoms with Crippen molar-refractivity contribution in [2.45, 2.75) is 18.7 Å². The zero-order valence-corrected chi connectivity index (χ0v) is 8.43. The van der Waals surface area contributed by atoms with Gasteiger partial charge in [-0.2, -0.15) is 5.26 Å². The van der Waals surface area contributed by atoms with Gasteiger partial charge in [-0.05, 0) is 11.6 Å². The van der Waals surface area contributed by atoms with Gasteiger partial charge in [-0.25, -0.2) is 13.8 Å². The van der Waals surface area contributed by atoms with Crippen LogP contribution in [0.1, 0.15) is 23.4 Å². The molecule has 0 fully saturated rings. The summed E-state index contributed by atoms with van der Waals surface area (Å²) in [5.74, 6) is 0.0950. The largest absolute Gasteiger partial charge is 0.397 e. The fraction of sp³-hybridized carbons (Fsp3) is 0.333. The van der Waals surface area contributed by atoms with Crippen molar-refractivity contribution >= 4 is 17.3 Å². The van der Waals surface area contributed by atoms with E-state index in [-0.39, 0.29) is 23.7 Å². The van der Waals surface area contributed by atoms with Crippen molar-refractivity contribution in [3.63, 3.8) is 0 Å². The zero-order valence-electron chi connectivity index (χ0n) is 7.67. The number of alkyl halides is 3. The van der Waals surface area contributed by atoms with E-state index >= 15 is 0 Å². The summed E-state index contributed by atoms with van der Waals surface area (Å²) in [4.78, 5) is 3.65. The Morgan fingerprint density at radius 1 is 1.60 bits per heavy atom. The number of halogens is 3. The van der Waals surface area contributed by atoms with Gasteiger partial charge in [0, 0.05) is 5.88 Å². The molecular formula is C9H8ClF2N3. The number of rotatable bonds is 3. The van der Waals surface area contributed by atoms with Crippen LogP contribution >= 0.6 is 11.6 Å². The summed E-state index contributed by atoms with van der Waals surface area (Å²) in [6.07, 6.45) is -2.80. The monoisotopic (exact) mass is 231 g/mol. The lowest BCUT2D eigenvalue weighted by Gasteiger charge is -2.09. The minimum absolute atomic E-state index is 0.0535. The summed E-state index contributed by atoms with van der Waals surface area (Å²) in [5, 5.41) is 8.49. The predicted octanol–water partition coefficient (Wildman–Crippen LogP) is 2.41. The number of nitrogens with two attached hydrogens (primary N) is 1. The number of hydrogen-bond acceptors (Lipinski definition) is 3. The fourth-order valence-corrected chi connectivity index (χ4v) is 1.38. The molecule has 15 heavy (non-hydrogen) atoms. The normalized spacial score (nSPS) is 10.3. The topological polar surface area (TPSA) is 62.7 Å². The molecule has 2 N–H and O–H groups in total. The van der Waals surface area contributed by atoms with Crippen molar-refractivity contribution in [1.82, 2.24) is 4.98 Å². The Morgan fingerprint density at radius 3 is 2.73 bits per heavy atom. The van der Waals surface area contributed by atoms with Gasteiger partial charge >= 0.3 is 0 Å². The smallest absolute Gasteiger partial charge is 0.282 e. The molecule has 0 aliphatic carbocycles. The van der Waals surface area contributed by atoms with E-state index in [2.05, 4.69) is 4.98 Å². The Kier molecular flexibility index (Phi) is 3.81. The molecule has 0 radical (unpaired) electrons. The highest BCUT2D eigenvalue weighted by molar-refractivity contribution is 6.17. The molecule has 0 unspecified atom stereocenters. The van der Waals surface area contributed by atoms with Crippen LogP contribution in [0.2, 0.25) is 0 Å². The summed E-state index contributed by atoms with van der Waals surface area (Å²) in [6.45, 7) is 0. The SMILES string of the molecule is N#CCc1nc(C(F)F)c(N)cc1CCl. The van der Waals surface area contributed by atoms with E-state index in [0.717, 1.165) is 0 Å². The van der Waals surface area contributed by atoms with Crippen molar-refractivity contribution in [1.29, 1.82) is 5.26 Å². The van der Waals surface area contributed by atoms with Gasteiger partial charge in [-0.1, -0.05) is 0 Å². The molecule has 1 aromatic rings. The second-order valence-electron chi connectivity index (χ2n) is 2.84. The van der Waals surface area contributed by atoms with E-state index in [4.69, 9.17) is 22.6 Å². The molecule has 0 amide bonds.